The van der Waals surface area contributed by atoms with Gasteiger partial charge in [-0.3, -0.25) is 9.69 Å². The van der Waals surface area contributed by atoms with Crippen molar-refractivity contribution in [2.45, 2.75) is 55.0 Å². The van der Waals surface area contributed by atoms with Crippen LogP contribution in [0.3, 0.4) is 0 Å². The van der Waals surface area contributed by atoms with Crippen LogP contribution in [0.1, 0.15) is 26.2 Å². The molecule has 36 heavy (non-hydrogen) atoms. The number of esters is 1. The van der Waals surface area contributed by atoms with Gasteiger partial charge in [-0.2, -0.15) is 22.3 Å². The van der Waals surface area contributed by atoms with Crippen LogP contribution in [0.2, 0.25) is 0 Å². The Bertz CT molecular complexity index is 1070. The van der Waals surface area contributed by atoms with E-state index in [1.165, 1.54) is 7.11 Å². The van der Waals surface area contributed by atoms with Gasteiger partial charge in [0.05, 0.1) is 30.5 Å². The number of ether oxygens (including phenoxy) is 2. The molecule has 0 aromatic heterocycles. The molecule has 0 radical (unpaired) electrons. The van der Waals surface area contributed by atoms with Crippen LogP contribution in [0.15, 0.2) is 24.3 Å². The number of fused-ring (bicyclic) bond motifs is 2. The lowest BCUT2D eigenvalue weighted by molar-refractivity contribution is -0.142. The van der Waals surface area contributed by atoms with Crippen LogP contribution < -0.4 is 15.4 Å². The van der Waals surface area contributed by atoms with Gasteiger partial charge in [0.15, 0.2) is 12.0 Å². The molecule has 10 nitrogen and oxygen atoms in total. The molecule has 7 unspecified atom stereocenters. The minimum atomic E-state index is -1.27. The Hall–Kier alpha value is -2.99. The smallest absolute Gasteiger partial charge is 0.343 e. The minimum absolute atomic E-state index is 0.0362. The van der Waals surface area contributed by atoms with Crippen molar-refractivity contribution in [3.63, 3.8) is 0 Å². The number of hydrogen-bond acceptors (Lipinski definition) is 10. The zero-order chi connectivity index (χ0) is 25.9. The van der Waals surface area contributed by atoms with E-state index in [-0.39, 0.29) is 41.7 Å². The highest BCUT2D eigenvalue weighted by atomic mass is 32.2. The van der Waals surface area contributed by atoms with E-state index in [2.05, 4.69) is 21.4 Å². The summed E-state index contributed by atoms with van der Waals surface area (Å²) in [5.41, 5.74) is -0.406. The summed E-state index contributed by atoms with van der Waals surface area (Å²) < 4.78 is 10.1. The minimum Gasteiger partial charge on any atom is -0.482 e. The summed E-state index contributed by atoms with van der Waals surface area (Å²) in [4.78, 5) is 26.2. The second kappa shape index (κ2) is 11.0. The molecule has 1 amide bonds. The van der Waals surface area contributed by atoms with Gasteiger partial charge in [0.2, 0.25) is 5.91 Å². The van der Waals surface area contributed by atoms with Crippen LogP contribution in [0.4, 0.5) is 5.69 Å². The Morgan fingerprint density at radius 3 is 2.83 bits per heavy atom. The van der Waals surface area contributed by atoms with Crippen molar-refractivity contribution in [2.75, 3.05) is 32.1 Å². The van der Waals surface area contributed by atoms with Crippen molar-refractivity contribution in [3.8, 4) is 17.9 Å². The number of aliphatic hydroxyl groups is 1. The zero-order valence-corrected chi connectivity index (χ0v) is 21.2. The van der Waals surface area contributed by atoms with E-state index >= 15 is 0 Å². The number of hydrogen-bond donors (Lipinski definition) is 3. The molecule has 1 heterocycles. The average molecular weight is 514 g/mol. The number of methoxy groups -OCH3 is 1. The van der Waals surface area contributed by atoms with Crippen molar-refractivity contribution in [1.29, 1.82) is 10.5 Å². The molecule has 2 aliphatic carbocycles. The number of anilines is 1. The Balaban J connectivity index is 1.47. The Kier molecular flexibility index (Phi) is 7.94. The lowest BCUT2D eigenvalue weighted by Gasteiger charge is -2.41. The number of carbonyl (C=O) groups is 2. The summed E-state index contributed by atoms with van der Waals surface area (Å²) in [5.74, 6) is -0.300. The molecule has 1 saturated heterocycles. The van der Waals surface area contributed by atoms with Crippen LogP contribution >= 0.6 is 11.8 Å². The van der Waals surface area contributed by atoms with Gasteiger partial charge in [-0.05, 0) is 37.9 Å². The Morgan fingerprint density at radius 1 is 1.33 bits per heavy atom. The van der Waals surface area contributed by atoms with Crippen LogP contribution in [0.5, 0.6) is 5.75 Å². The number of benzene rings is 1. The number of nitrogens with one attached hydrogen (secondary N) is 2. The van der Waals surface area contributed by atoms with E-state index in [1.54, 1.807) is 17.8 Å². The van der Waals surface area contributed by atoms with Gasteiger partial charge in [0, 0.05) is 29.0 Å². The molecule has 1 aliphatic heterocycles. The van der Waals surface area contributed by atoms with Crippen LogP contribution in [0, 0.1) is 34.0 Å². The fourth-order valence-corrected chi connectivity index (χ4v) is 7.70. The van der Waals surface area contributed by atoms with Crippen LogP contribution in [-0.2, 0) is 14.3 Å². The molecule has 0 bridgehead atoms. The average Bonchev–Trinajstić information content (AvgIpc) is 3.55. The summed E-state index contributed by atoms with van der Waals surface area (Å²) in [6.45, 7) is 2.14. The molecule has 1 aromatic carbocycles. The molecule has 11 heteroatoms. The SMILES string of the molecule is CCN1C(O)C2CCC(Nc3cccc(OCC(=O)OC)c3)CC2SC2C1C2(C#N)C(=O)NCC#N. The first-order chi connectivity index (χ1) is 17.4. The first-order valence-corrected chi connectivity index (χ1v) is 13.1. The molecule has 1 aromatic rings. The van der Waals surface area contributed by atoms with Crippen molar-refractivity contribution >= 4 is 29.3 Å². The van der Waals surface area contributed by atoms with Crippen LogP contribution in [-0.4, -0.2) is 77.5 Å². The van der Waals surface area contributed by atoms with E-state index < -0.39 is 23.5 Å². The third-order valence-corrected chi connectivity index (χ3v) is 9.19. The van der Waals surface area contributed by atoms with Gasteiger partial charge in [-0.1, -0.05) is 13.0 Å². The number of amides is 1. The largest absolute Gasteiger partial charge is 0.482 e. The summed E-state index contributed by atoms with van der Waals surface area (Å²) in [5, 5.41) is 36.1. The van der Waals surface area contributed by atoms with Crippen molar-refractivity contribution < 1.29 is 24.2 Å². The normalized spacial score (nSPS) is 32.9. The quantitative estimate of drug-likeness (QED) is 0.345. The third-order valence-electron chi connectivity index (χ3n) is 7.38. The number of carbonyl (C=O) groups excluding carboxylic acids is 2. The van der Waals surface area contributed by atoms with Gasteiger partial charge >= 0.3 is 5.97 Å². The standard InChI is InChI=1S/C25H31N5O5S/c1-3-30-21-22(25(21,14-27)24(33)28-10-9-26)36-19-12-16(7-8-18(19)23(30)32)29-15-5-4-6-17(11-15)35-13-20(31)34-2/h4-6,11,16,18-19,21-23,29,32H,3,7-8,10,12-13H2,1-2H3,(H,28,33). The molecule has 7 atom stereocenters. The molecular weight excluding hydrogens is 482 g/mol. The third kappa shape index (κ3) is 4.83. The van der Waals surface area contributed by atoms with Crippen LogP contribution in [0.25, 0.3) is 0 Å². The molecule has 3 fully saturated rings. The van der Waals surface area contributed by atoms with Gasteiger partial charge in [-0.25, -0.2) is 4.79 Å². The second-order valence-corrected chi connectivity index (χ2v) is 10.7. The highest BCUT2D eigenvalue weighted by Crippen LogP contribution is 2.62. The summed E-state index contributed by atoms with van der Waals surface area (Å²) in [6.07, 6.45) is 1.70. The second-order valence-electron chi connectivity index (χ2n) is 9.32. The topological polar surface area (TPSA) is 148 Å². The maximum absolute atomic E-state index is 12.9. The number of nitrogens with zero attached hydrogens (tertiary/aromatic N) is 3. The molecule has 0 spiro atoms. The maximum atomic E-state index is 12.9. The lowest BCUT2D eigenvalue weighted by Crippen LogP contribution is -2.50. The fraction of sp³-hybridized carbons (Fsp3) is 0.600. The van der Waals surface area contributed by atoms with Gasteiger partial charge in [-0.15, -0.1) is 0 Å². The molecule has 192 valence electrons. The molecule has 3 aliphatic rings. The van der Waals surface area contributed by atoms with Crippen molar-refractivity contribution in [2.24, 2.45) is 11.3 Å². The number of rotatable bonds is 8. The zero-order valence-electron chi connectivity index (χ0n) is 20.3. The number of thioether (sulfide) groups is 1. The van der Waals surface area contributed by atoms with E-state index in [1.807, 2.05) is 36.1 Å². The van der Waals surface area contributed by atoms with E-state index in [0.717, 1.165) is 24.9 Å². The number of nitriles is 2. The van der Waals surface area contributed by atoms with Gasteiger partial charge < -0.3 is 25.2 Å². The monoisotopic (exact) mass is 513 g/mol. The first-order valence-electron chi connectivity index (χ1n) is 12.1. The summed E-state index contributed by atoms with van der Waals surface area (Å²) in [6, 6.07) is 11.3. The Morgan fingerprint density at radius 2 is 2.14 bits per heavy atom. The van der Waals surface area contributed by atoms with Crippen molar-refractivity contribution in [1.82, 2.24) is 10.2 Å². The lowest BCUT2D eigenvalue weighted by atomic mass is 9.83. The van der Waals surface area contributed by atoms with Gasteiger partial charge in [0.1, 0.15) is 18.5 Å². The highest BCUT2D eigenvalue weighted by Gasteiger charge is 2.75. The van der Waals surface area contributed by atoms with Gasteiger partial charge in [0.25, 0.3) is 0 Å². The van der Waals surface area contributed by atoms with E-state index in [9.17, 15) is 20.0 Å². The predicted molar refractivity (Wildman–Crippen MR) is 133 cm³/mol. The molecule has 2 saturated carbocycles. The van der Waals surface area contributed by atoms with Crippen molar-refractivity contribution in [3.05, 3.63) is 24.3 Å². The molecular formula is C25H31N5O5S. The molecule has 3 N–H and O–H groups in total. The predicted octanol–water partition coefficient (Wildman–Crippen LogP) is 1.48. The summed E-state index contributed by atoms with van der Waals surface area (Å²) in [7, 11) is 1.31. The van der Waals surface area contributed by atoms with E-state index in [4.69, 9.17) is 10.00 Å². The highest BCUT2D eigenvalue weighted by molar-refractivity contribution is 8.01. The maximum Gasteiger partial charge on any atom is 0.343 e. The van der Waals surface area contributed by atoms with E-state index in [0.29, 0.717) is 12.3 Å². The molecule has 4 rings (SSSR count). The number of aliphatic hydroxyl groups excluding tert-OH is 1. The first kappa shape index (κ1) is 26.1. The Labute approximate surface area is 214 Å². The fourth-order valence-electron chi connectivity index (χ4n) is 5.54. The summed E-state index contributed by atoms with van der Waals surface area (Å²) >= 11 is 1.63.